The molecule has 25 heavy (non-hydrogen) atoms. The first-order chi connectivity index (χ1) is 12.3. The maximum atomic E-state index is 5.89. The summed E-state index contributed by atoms with van der Waals surface area (Å²) in [6, 6.07) is 7.96. The second-order valence-corrected chi connectivity index (χ2v) is 5.97. The van der Waals surface area contributed by atoms with Gasteiger partial charge in [-0.05, 0) is 32.3 Å². The van der Waals surface area contributed by atoms with Gasteiger partial charge in [0.2, 0.25) is 0 Å². The average molecular weight is 349 g/mol. The molecule has 1 aromatic carbocycles. The van der Waals surface area contributed by atoms with Crippen molar-refractivity contribution < 1.29 is 14.2 Å². The lowest BCUT2D eigenvalue weighted by Gasteiger charge is -2.22. The Balaban J connectivity index is 1.71. The van der Waals surface area contributed by atoms with Crippen LogP contribution in [0.4, 0.5) is 0 Å². The number of methoxy groups -OCH3 is 1. The van der Waals surface area contributed by atoms with E-state index in [2.05, 4.69) is 22.5 Å². The fourth-order valence-corrected chi connectivity index (χ4v) is 2.71. The third-order valence-corrected chi connectivity index (χ3v) is 4.08. The van der Waals surface area contributed by atoms with Gasteiger partial charge in [-0.25, -0.2) is 4.99 Å². The van der Waals surface area contributed by atoms with Gasteiger partial charge in [0.1, 0.15) is 5.75 Å². The van der Waals surface area contributed by atoms with Gasteiger partial charge in [0.05, 0.1) is 19.8 Å². The third kappa shape index (κ3) is 7.32. The Morgan fingerprint density at radius 1 is 1.24 bits per heavy atom. The Bertz CT molecular complexity index is 516. The van der Waals surface area contributed by atoms with Gasteiger partial charge in [-0.15, -0.1) is 0 Å². The van der Waals surface area contributed by atoms with Crippen LogP contribution in [-0.4, -0.2) is 52.1 Å². The van der Waals surface area contributed by atoms with Gasteiger partial charge in [-0.2, -0.15) is 0 Å². The van der Waals surface area contributed by atoms with Gasteiger partial charge in [-0.3, -0.25) is 0 Å². The van der Waals surface area contributed by atoms with E-state index in [-0.39, 0.29) is 0 Å². The molecule has 0 saturated carbocycles. The van der Waals surface area contributed by atoms with Crippen LogP contribution in [0.15, 0.2) is 29.3 Å². The summed E-state index contributed by atoms with van der Waals surface area (Å²) in [5.41, 5.74) is 1.07. The molecule has 1 saturated heterocycles. The molecule has 6 nitrogen and oxygen atoms in total. The van der Waals surface area contributed by atoms with E-state index in [1.165, 1.54) is 0 Å². The van der Waals surface area contributed by atoms with Crippen molar-refractivity contribution in [1.82, 2.24) is 10.6 Å². The molecule has 1 fully saturated rings. The Hall–Kier alpha value is -1.79. The van der Waals surface area contributed by atoms with Gasteiger partial charge >= 0.3 is 0 Å². The molecule has 2 N–H and O–H groups in total. The van der Waals surface area contributed by atoms with Crippen molar-refractivity contribution in [3.05, 3.63) is 29.8 Å². The molecule has 1 aromatic rings. The molecule has 140 valence electrons. The number of para-hydroxylation sites is 1. The van der Waals surface area contributed by atoms with Crippen LogP contribution < -0.4 is 15.4 Å². The highest BCUT2D eigenvalue weighted by Gasteiger charge is 2.13. The van der Waals surface area contributed by atoms with E-state index in [9.17, 15) is 0 Å². The molecular formula is C19H31N3O3. The van der Waals surface area contributed by atoms with Crippen LogP contribution in [0.3, 0.4) is 0 Å². The van der Waals surface area contributed by atoms with Crippen molar-refractivity contribution in [2.75, 3.05) is 40.0 Å². The van der Waals surface area contributed by atoms with E-state index in [0.29, 0.717) is 12.6 Å². The number of nitrogens with zero attached hydrogens (tertiary/aromatic N) is 1. The van der Waals surface area contributed by atoms with Crippen molar-refractivity contribution in [3.8, 4) is 5.75 Å². The highest BCUT2D eigenvalue weighted by molar-refractivity contribution is 5.79. The summed E-state index contributed by atoms with van der Waals surface area (Å²) in [7, 11) is 1.68. The molecule has 0 bridgehead atoms. The zero-order valence-corrected chi connectivity index (χ0v) is 15.4. The largest absolute Gasteiger partial charge is 0.496 e. The van der Waals surface area contributed by atoms with E-state index in [4.69, 9.17) is 14.2 Å². The minimum atomic E-state index is 0.362. The molecule has 0 radical (unpaired) electrons. The van der Waals surface area contributed by atoms with Crippen molar-refractivity contribution in [2.45, 2.75) is 38.8 Å². The second kappa shape index (κ2) is 11.7. The van der Waals surface area contributed by atoms with Crippen LogP contribution in [0.25, 0.3) is 0 Å². The summed E-state index contributed by atoms with van der Waals surface area (Å²) in [5, 5.41) is 6.63. The van der Waals surface area contributed by atoms with Crippen LogP contribution in [0.1, 0.15) is 31.7 Å². The van der Waals surface area contributed by atoms with Crippen LogP contribution >= 0.6 is 0 Å². The maximum absolute atomic E-state index is 5.89. The number of aliphatic imine (C=N–C) groups is 1. The van der Waals surface area contributed by atoms with Gasteiger partial charge in [0, 0.05) is 38.5 Å². The molecule has 0 unspecified atom stereocenters. The first kappa shape index (κ1) is 19.5. The molecular weight excluding hydrogens is 318 g/mol. The molecule has 6 heteroatoms. The smallest absolute Gasteiger partial charge is 0.191 e. The van der Waals surface area contributed by atoms with Gasteiger partial charge < -0.3 is 24.8 Å². The topological polar surface area (TPSA) is 64.1 Å². The number of hydrogen-bond donors (Lipinski definition) is 2. The lowest BCUT2D eigenvalue weighted by atomic mass is 10.1. The lowest BCUT2D eigenvalue weighted by Crippen LogP contribution is -2.38. The minimum Gasteiger partial charge on any atom is -0.496 e. The summed E-state index contributed by atoms with van der Waals surface area (Å²) >= 11 is 0. The molecule has 2 rings (SSSR count). The van der Waals surface area contributed by atoms with Gasteiger partial charge in [-0.1, -0.05) is 18.2 Å². The molecule has 1 aliphatic rings. The zero-order chi connectivity index (χ0) is 17.7. The van der Waals surface area contributed by atoms with Crippen molar-refractivity contribution >= 4 is 5.96 Å². The number of nitrogens with one attached hydrogen (secondary N) is 2. The molecule has 1 heterocycles. The summed E-state index contributed by atoms with van der Waals surface area (Å²) in [4.78, 5) is 4.64. The van der Waals surface area contributed by atoms with Crippen LogP contribution in [-0.2, 0) is 16.0 Å². The summed E-state index contributed by atoms with van der Waals surface area (Å²) < 4.78 is 16.6. The Morgan fingerprint density at radius 3 is 2.80 bits per heavy atom. The molecule has 0 amide bonds. The zero-order valence-electron chi connectivity index (χ0n) is 15.4. The van der Waals surface area contributed by atoms with E-state index in [0.717, 1.165) is 69.4 Å². The van der Waals surface area contributed by atoms with Crippen LogP contribution in [0.5, 0.6) is 5.75 Å². The van der Waals surface area contributed by atoms with E-state index in [1.807, 2.05) is 24.3 Å². The maximum Gasteiger partial charge on any atom is 0.191 e. The minimum absolute atomic E-state index is 0.362. The molecule has 0 spiro atoms. The van der Waals surface area contributed by atoms with E-state index >= 15 is 0 Å². The highest BCUT2D eigenvalue weighted by Crippen LogP contribution is 2.17. The summed E-state index contributed by atoms with van der Waals surface area (Å²) in [6.45, 7) is 6.72. The molecule has 0 atom stereocenters. The standard InChI is InChI=1S/C19H31N3O3/c1-3-20-19(22-15-16-7-4-5-8-18(16)23-2)21-11-6-12-25-17-9-13-24-14-10-17/h4-5,7-8,17H,3,6,9-15H2,1-2H3,(H2,20,21,22). The van der Waals surface area contributed by atoms with Crippen molar-refractivity contribution in [3.63, 3.8) is 0 Å². The monoisotopic (exact) mass is 349 g/mol. The first-order valence-electron chi connectivity index (χ1n) is 9.17. The fraction of sp³-hybridized carbons (Fsp3) is 0.632. The SMILES string of the molecule is CCNC(=NCc1ccccc1OC)NCCCOC1CCOCC1. The van der Waals surface area contributed by atoms with Crippen molar-refractivity contribution in [2.24, 2.45) is 4.99 Å². The predicted octanol–water partition coefficient (Wildman–Crippen LogP) is 2.34. The first-order valence-corrected chi connectivity index (χ1v) is 9.17. The second-order valence-electron chi connectivity index (χ2n) is 5.97. The number of ether oxygens (including phenoxy) is 3. The summed E-state index contributed by atoms with van der Waals surface area (Å²) in [6.07, 6.45) is 3.34. The quantitative estimate of drug-likeness (QED) is 0.407. The normalized spacial score (nSPS) is 15.8. The molecule has 0 aromatic heterocycles. The van der Waals surface area contributed by atoms with Crippen LogP contribution in [0, 0.1) is 0 Å². The highest BCUT2D eigenvalue weighted by atomic mass is 16.5. The Morgan fingerprint density at radius 2 is 2.04 bits per heavy atom. The number of rotatable bonds is 9. The molecule has 0 aliphatic carbocycles. The number of hydrogen-bond acceptors (Lipinski definition) is 4. The van der Waals surface area contributed by atoms with Crippen LogP contribution in [0.2, 0.25) is 0 Å². The Kier molecular flexibility index (Phi) is 9.15. The molecule has 1 aliphatic heterocycles. The number of guanidine groups is 1. The summed E-state index contributed by atoms with van der Waals surface area (Å²) in [5.74, 6) is 1.69. The predicted molar refractivity (Wildman–Crippen MR) is 100 cm³/mol. The van der Waals surface area contributed by atoms with Gasteiger partial charge in [0.15, 0.2) is 5.96 Å². The van der Waals surface area contributed by atoms with E-state index in [1.54, 1.807) is 7.11 Å². The van der Waals surface area contributed by atoms with Crippen molar-refractivity contribution in [1.29, 1.82) is 0 Å². The van der Waals surface area contributed by atoms with E-state index < -0.39 is 0 Å². The third-order valence-electron chi connectivity index (χ3n) is 4.08. The average Bonchev–Trinajstić information content (AvgIpc) is 2.66. The number of benzene rings is 1. The Labute approximate surface area is 151 Å². The lowest BCUT2D eigenvalue weighted by molar-refractivity contribution is -0.0320. The fourth-order valence-electron chi connectivity index (χ4n) is 2.71. The van der Waals surface area contributed by atoms with Gasteiger partial charge in [0.25, 0.3) is 0 Å².